The molecule has 90 valence electrons. The van der Waals surface area contributed by atoms with Crippen LogP contribution in [0.25, 0.3) is 0 Å². The second-order valence-corrected chi connectivity index (χ2v) is 4.28. The summed E-state index contributed by atoms with van der Waals surface area (Å²) in [5.74, 6) is 1.28. The Bertz CT molecular complexity index is 563. The maximum absolute atomic E-state index is 5.94. The first kappa shape index (κ1) is 11.8. The van der Waals surface area contributed by atoms with E-state index in [9.17, 15) is 0 Å². The van der Waals surface area contributed by atoms with Gasteiger partial charge in [0.2, 0.25) is 0 Å². The molecule has 0 fully saturated rings. The minimum Gasteiger partial charge on any atom is -0.451 e. The molecule has 0 bridgehead atoms. The zero-order valence-corrected chi connectivity index (χ0v) is 10.7. The average molecular weight is 252 g/mol. The normalized spacial score (nSPS) is 10.6. The Morgan fingerprint density at radius 2 is 2.06 bits per heavy atom. The molecule has 0 amide bonds. The summed E-state index contributed by atoms with van der Waals surface area (Å²) in [6.07, 6.45) is 0. The van der Waals surface area contributed by atoms with E-state index in [0.717, 1.165) is 17.1 Å². The third-order valence-electron chi connectivity index (χ3n) is 2.67. The summed E-state index contributed by atoms with van der Waals surface area (Å²) in [7, 11) is 1.87. The lowest BCUT2D eigenvalue weighted by Crippen LogP contribution is -1.95. The van der Waals surface area contributed by atoms with Gasteiger partial charge in [-0.15, -0.1) is 0 Å². The highest BCUT2D eigenvalue weighted by molar-refractivity contribution is 6.33. The van der Waals surface area contributed by atoms with Gasteiger partial charge in [0.05, 0.1) is 16.4 Å². The van der Waals surface area contributed by atoms with Gasteiger partial charge >= 0.3 is 0 Å². The van der Waals surface area contributed by atoms with Crippen molar-refractivity contribution in [1.29, 1.82) is 0 Å². The van der Waals surface area contributed by atoms with Gasteiger partial charge in [-0.05, 0) is 26.0 Å². The summed E-state index contributed by atoms with van der Waals surface area (Å²) in [4.78, 5) is 0. The summed E-state index contributed by atoms with van der Waals surface area (Å²) in [6.45, 7) is 3.83. The summed E-state index contributed by atoms with van der Waals surface area (Å²) in [6, 6.07) is 5.31. The maximum Gasteiger partial charge on any atom is 0.171 e. The first-order valence-corrected chi connectivity index (χ1v) is 5.60. The van der Waals surface area contributed by atoms with Gasteiger partial charge < -0.3 is 10.5 Å². The quantitative estimate of drug-likeness (QED) is 0.835. The Morgan fingerprint density at radius 3 is 2.65 bits per heavy atom. The fourth-order valence-electron chi connectivity index (χ4n) is 1.62. The molecule has 0 saturated carbocycles. The van der Waals surface area contributed by atoms with Gasteiger partial charge in [0.1, 0.15) is 5.69 Å². The zero-order chi connectivity index (χ0) is 12.6. The van der Waals surface area contributed by atoms with Crippen LogP contribution in [0.2, 0.25) is 5.02 Å². The maximum atomic E-state index is 5.94. The van der Waals surface area contributed by atoms with E-state index in [1.54, 1.807) is 22.9 Å². The van der Waals surface area contributed by atoms with Gasteiger partial charge in [-0.2, -0.15) is 5.10 Å². The Labute approximate surface area is 105 Å². The third-order valence-corrected chi connectivity index (χ3v) is 3.00. The summed E-state index contributed by atoms with van der Waals surface area (Å²) in [5.41, 5.74) is 8.06. The second-order valence-electron chi connectivity index (χ2n) is 3.88. The molecule has 2 rings (SSSR count). The lowest BCUT2D eigenvalue weighted by atomic mass is 10.3. The van der Waals surface area contributed by atoms with E-state index in [1.165, 1.54) is 0 Å². The number of anilines is 1. The molecule has 2 aromatic rings. The highest BCUT2D eigenvalue weighted by Crippen LogP contribution is 2.34. The molecule has 1 aromatic carbocycles. The van der Waals surface area contributed by atoms with Gasteiger partial charge in [-0.25, -0.2) is 0 Å². The predicted molar refractivity (Wildman–Crippen MR) is 68.6 cm³/mol. The SMILES string of the molecule is Cc1nn(C)c(C)c1Oc1cccc(Cl)c1N. The van der Waals surface area contributed by atoms with Crippen molar-refractivity contribution in [2.24, 2.45) is 7.05 Å². The first-order valence-electron chi connectivity index (χ1n) is 5.22. The topological polar surface area (TPSA) is 53.1 Å². The van der Waals surface area contributed by atoms with E-state index in [-0.39, 0.29) is 0 Å². The number of nitrogens with zero attached hydrogens (tertiary/aromatic N) is 2. The fourth-order valence-corrected chi connectivity index (χ4v) is 1.78. The Kier molecular flexibility index (Phi) is 2.98. The second kappa shape index (κ2) is 4.30. The summed E-state index contributed by atoms with van der Waals surface area (Å²) >= 11 is 5.94. The Morgan fingerprint density at radius 1 is 1.35 bits per heavy atom. The van der Waals surface area contributed by atoms with Gasteiger partial charge in [0.25, 0.3) is 0 Å². The molecule has 2 N–H and O–H groups in total. The third kappa shape index (κ3) is 2.08. The fraction of sp³-hybridized carbons (Fsp3) is 0.250. The minimum atomic E-state index is 0.441. The van der Waals surface area contributed by atoms with E-state index in [4.69, 9.17) is 22.1 Å². The van der Waals surface area contributed by atoms with Crippen molar-refractivity contribution in [2.45, 2.75) is 13.8 Å². The van der Waals surface area contributed by atoms with Crippen LogP contribution in [0.4, 0.5) is 5.69 Å². The number of halogens is 1. The Balaban J connectivity index is 2.41. The number of hydrogen-bond donors (Lipinski definition) is 1. The monoisotopic (exact) mass is 251 g/mol. The lowest BCUT2D eigenvalue weighted by molar-refractivity contribution is 0.476. The van der Waals surface area contributed by atoms with E-state index in [0.29, 0.717) is 16.5 Å². The molecule has 0 atom stereocenters. The molecule has 1 heterocycles. The van der Waals surface area contributed by atoms with E-state index >= 15 is 0 Å². The molecule has 0 aliphatic rings. The average Bonchev–Trinajstić information content (AvgIpc) is 2.51. The van der Waals surface area contributed by atoms with E-state index < -0.39 is 0 Å². The molecule has 0 saturated heterocycles. The smallest absolute Gasteiger partial charge is 0.171 e. The number of para-hydroxylation sites is 1. The minimum absolute atomic E-state index is 0.441. The first-order chi connectivity index (χ1) is 8.00. The van der Waals surface area contributed by atoms with Crippen LogP contribution >= 0.6 is 11.6 Å². The molecule has 0 aliphatic heterocycles. The molecule has 4 nitrogen and oxygen atoms in total. The molecule has 1 aromatic heterocycles. The van der Waals surface area contributed by atoms with Crippen LogP contribution in [0.3, 0.4) is 0 Å². The van der Waals surface area contributed by atoms with Crippen molar-refractivity contribution >= 4 is 17.3 Å². The van der Waals surface area contributed by atoms with Gasteiger partial charge in [0, 0.05) is 7.05 Å². The molecule has 5 heteroatoms. The lowest BCUT2D eigenvalue weighted by Gasteiger charge is -2.09. The number of aryl methyl sites for hydroxylation is 2. The predicted octanol–water partition coefficient (Wildman–Crippen LogP) is 3.06. The number of hydrogen-bond acceptors (Lipinski definition) is 3. The van der Waals surface area contributed by atoms with Crippen molar-refractivity contribution in [2.75, 3.05) is 5.73 Å². The van der Waals surface area contributed by atoms with Crippen LogP contribution in [0.5, 0.6) is 11.5 Å². The molecule has 0 spiro atoms. The molecule has 0 unspecified atom stereocenters. The van der Waals surface area contributed by atoms with Crippen LogP contribution in [0.15, 0.2) is 18.2 Å². The molecule has 0 radical (unpaired) electrons. The van der Waals surface area contributed by atoms with E-state index in [1.807, 2.05) is 20.9 Å². The van der Waals surface area contributed by atoms with Gasteiger partial charge in [0.15, 0.2) is 11.5 Å². The molecule has 17 heavy (non-hydrogen) atoms. The summed E-state index contributed by atoms with van der Waals surface area (Å²) in [5, 5.41) is 4.76. The highest BCUT2D eigenvalue weighted by Gasteiger charge is 2.13. The molecular formula is C12H14ClN3O. The number of benzene rings is 1. The van der Waals surface area contributed by atoms with Gasteiger partial charge in [-0.1, -0.05) is 17.7 Å². The van der Waals surface area contributed by atoms with Crippen LogP contribution in [-0.4, -0.2) is 9.78 Å². The zero-order valence-electron chi connectivity index (χ0n) is 9.99. The molecule has 0 aliphatic carbocycles. The number of aromatic nitrogens is 2. The number of rotatable bonds is 2. The number of ether oxygens (including phenoxy) is 1. The standard InChI is InChI=1S/C12H14ClN3O/c1-7-12(8(2)16(3)15-7)17-10-6-4-5-9(13)11(10)14/h4-6H,14H2,1-3H3. The van der Waals surface area contributed by atoms with Crippen molar-refractivity contribution in [3.63, 3.8) is 0 Å². The highest BCUT2D eigenvalue weighted by atomic mass is 35.5. The van der Waals surface area contributed by atoms with Crippen LogP contribution in [-0.2, 0) is 7.05 Å². The Hall–Kier alpha value is -1.68. The van der Waals surface area contributed by atoms with Crippen LogP contribution in [0.1, 0.15) is 11.4 Å². The van der Waals surface area contributed by atoms with E-state index in [2.05, 4.69) is 5.10 Å². The van der Waals surface area contributed by atoms with Crippen molar-refractivity contribution in [3.8, 4) is 11.5 Å². The summed E-state index contributed by atoms with van der Waals surface area (Å²) < 4.78 is 7.55. The van der Waals surface area contributed by atoms with Crippen molar-refractivity contribution in [1.82, 2.24) is 9.78 Å². The van der Waals surface area contributed by atoms with Crippen LogP contribution in [0, 0.1) is 13.8 Å². The van der Waals surface area contributed by atoms with Crippen LogP contribution < -0.4 is 10.5 Å². The van der Waals surface area contributed by atoms with Crippen molar-refractivity contribution in [3.05, 3.63) is 34.6 Å². The number of nitrogens with two attached hydrogens (primary N) is 1. The largest absolute Gasteiger partial charge is 0.451 e. The van der Waals surface area contributed by atoms with Gasteiger partial charge in [-0.3, -0.25) is 4.68 Å². The van der Waals surface area contributed by atoms with Crippen molar-refractivity contribution < 1.29 is 4.74 Å². The molecular weight excluding hydrogens is 238 g/mol. The number of nitrogen functional groups attached to an aromatic ring is 1.